The van der Waals surface area contributed by atoms with Crippen LogP contribution >= 0.6 is 0 Å². The molecule has 0 aliphatic carbocycles. The molecule has 122 valence electrons. The van der Waals surface area contributed by atoms with Crippen LogP contribution in [0.4, 0.5) is 0 Å². The monoisotopic (exact) mass is 317 g/mol. The highest BCUT2D eigenvalue weighted by Gasteiger charge is 2.42. The van der Waals surface area contributed by atoms with Gasteiger partial charge in [0.05, 0.1) is 13.7 Å². The van der Waals surface area contributed by atoms with Gasteiger partial charge in [0.15, 0.2) is 0 Å². The fourth-order valence-corrected chi connectivity index (χ4v) is 3.19. The van der Waals surface area contributed by atoms with Crippen molar-refractivity contribution < 1.29 is 19.1 Å². The zero-order chi connectivity index (χ0) is 16.6. The SMILES string of the molecule is COc1cccc(C(=O)N[C@@H]2C[C@H]3C(=O)NCC(=O)N3C2)c1C. The number of rotatable bonds is 3. The van der Waals surface area contributed by atoms with Gasteiger partial charge in [0, 0.05) is 23.7 Å². The quantitative estimate of drug-likeness (QED) is 0.810. The molecule has 3 amide bonds. The molecule has 2 aliphatic heterocycles. The van der Waals surface area contributed by atoms with Crippen LogP contribution < -0.4 is 15.4 Å². The summed E-state index contributed by atoms with van der Waals surface area (Å²) in [6, 6.07) is 4.58. The molecule has 2 heterocycles. The molecule has 23 heavy (non-hydrogen) atoms. The Morgan fingerprint density at radius 2 is 2.17 bits per heavy atom. The Balaban J connectivity index is 1.72. The largest absolute Gasteiger partial charge is 0.496 e. The van der Waals surface area contributed by atoms with E-state index < -0.39 is 6.04 Å². The molecular weight excluding hydrogens is 298 g/mol. The topological polar surface area (TPSA) is 87.7 Å². The number of nitrogens with zero attached hydrogens (tertiary/aromatic N) is 1. The fourth-order valence-electron chi connectivity index (χ4n) is 3.19. The Bertz CT molecular complexity index is 649. The van der Waals surface area contributed by atoms with Crippen molar-refractivity contribution in [3.05, 3.63) is 29.3 Å². The van der Waals surface area contributed by atoms with Gasteiger partial charge in [-0.3, -0.25) is 14.4 Å². The zero-order valence-corrected chi connectivity index (χ0v) is 13.1. The minimum Gasteiger partial charge on any atom is -0.496 e. The maximum Gasteiger partial charge on any atom is 0.251 e. The van der Waals surface area contributed by atoms with Crippen LogP contribution in [0.5, 0.6) is 5.75 Å². The van der Waals surface area contributed by atoms with Crippen molar-refractivity contribution in [3.8, 4) is 5.75 Å². The third-order valence-electron chi connectivity index (χ3n) is 4.42. The van der Waals surface area contributed by atoms with Crippen LogP contribution in [0, 0.1) is 6.92 Å². The van der Waals surface area contributed by atoms with Crippen LogP contribution in [0.25, 0.3) is 0 Å². The van der Waals surface area contributed by atoms with Gasteiger partial charge in [0.1, 0.15) is 11.8 Å². The standard InChI is InChI=1S/C16H19N3O4/c1-9-11(4-3-5-13(9)23-2)15(21)18-10-6-12-16(22)17-7-14(20)19(12)8-10/h3-5,10,12H,6-8H2,1-2H3,(H,17,22)(H,18,21)/t10-,12+/m1/s1. The van der Waals surface area contributed by atoms with Crippen LogP contribution in [0.3, 0.4) is 0 Å². The molecule has 0 saturated carbocycles. The maximum absolute atomic E-state index is 12.5. The number of benzene rings is 1. The van der Waals surface area contributed by atoms with E-state index in [1.54, 1.807) is 30.2 Å². The zero-order valence-electron chi connectivity index (χ0n) is 13.1. The van der Waals surface area contributed by atoms with E-state index in [0.717, 1.165) is 5.56 Å². The van der Waals surface area contributed by atoms with Gasteiger partial charge in [-0.25, -0.2) is 0 Å². The summed E-state index contributed by atoms with van der Waals surface area (Å²) in [7, 11) is 1.56. The van der Waals surface area contributed by atoms with Crippen molar-refractivity contribution >= 4 is 17.7 Å². The van der Waals surface area contributed by atoms with Gasteiger partial charge in [-0.05, 0) is 25.5 Å². The van der Waals surface area contributed by atoms with Crippen LogP contribution in [-0.2, 0) is 9.59 Å². The molecule has 2 aliphatic rings. The molecule has 7 heteroatoms. The molecule has 3 rings (SSSR count). The van der Waals surface area contributed by atoms with Crippen molar-refractivity contribution in [2.75, 3.05) is 20.2 Å². The molecule has 2 fully saturated rings. The first-order valence-electron chi connectivity index (χ1n) is 7.53. The van der Waals surface area contributed by atoms with E-state index in [1.165, 1.54) is 0 Å². The number of carbonyl (C=O) groups excluding carboxylic acids is 3. The van der Waals surface area contributed by atoms with Crippen molar-refractivity contribution in [2.45, 2.75) is 25.4 Å². The summed E-state index contributed by atoms with van der Waals surface area (Å²) in [5, 5.41) is 5.49. The summed E-state index contributed by atoms with van der Waals surface area (Å²) in [4.78, 5) is 37.7. The van der Waals surface area contributed by atoms with Crippen molar-refractivity contribution in [2.24, 2.45) is 0 Å². The third-order valence-corrected chi connectivity index (χ3v) is 4.42. The van der Waals surface area contributed by atoms with E-state index >= 15 is 0 Å². The smallest absolute Gasteiger partial charge is 0.251 e. The molecule has 0 bridgehead atoms. The number of piperazine rings is 1. The molecule has 7 nitrogen and oxygen atoms in total. The molecule has 0 radical (unpaired) electrons. The predicted octanol–water partition coefficient (Wildman–Crippen LogP) is -0.167. The van der Waals surface area contributed by atoms with Crippen LogP contribution in [0.1, 0.15) is 22.3 Å². The summed E-state index contributed by atoms with van der Waals surface area (Å²) in [6.45, 7) is 2.22. The summed E-state index contributed by atoms with van der Waals surface area (Å²) < 4.78 is 5.23. The summed E-state index contributed by atoms with van der Waals surface area (Å²) in [5.41, 5.74) is 1.29. The number of hydrogen-bond donors (Lipinski definition) is 2. The minimum absolute atomic E-state index is 0.0327. The van der Waals surface area contributed by atoms with Gasteiger partial charge >= 0.3 is 0 Å². The lowest BCUT2D eigenvalue weighted by Crippen LogP contribution is -2.55. The Morgan fingerprint density at radius 3 is 2.87 bits per heavy atom. The first-order valence-corrected chi connectivity index (χ1v) is 7.53. The Kier molecular flexibility index (Phi) is 3.94. The average Bonchev–Trinajstić information content (AvgIpc) is 2.96. The van der Waals surface area contributed by atoms with Gasteiger partial charge in [0.25, 0.3) is 5.91 Å². The lowest BCUT2D eigenvalue weighted by atomic mass is 10.1. The predicted molar refractivity (Wildman–Crippen MR) is 82.1 cm³/mol. The van der Waals surface area contributed by atoms with Crippen molar-refractivity contribution in [1.29, 1.82) is 0 Å². The Labute approximate surface area is 134 Å². The van der Waals surface area contributed by atoms with Gasteiger partial charge < -0.3 is 20.3 Å². The summed E-state index contributed by atoms with van der Waals surface area (Å²) in [5.74, 6) is 0.165. The number of carbonyl (C=O) groups is 3. The molecule has 0 aromatic heterocycles. The lowest BCUT2D eigenvalue weighted by Gasteiger charge is -2.28. The number of hydrogen-bond acceptors (Lipinski definition) is 4. The van der Waals surface area contributed by atoms with Crippen molar-refractivity contribution in [3.63, 3.8) is 0 Å². The number of methoxy groups -OCH3 is 1. The Morgan fingerprint density at radius 1 is 1.39 bits per heavy atom. The maximum atomic E-state index is 12.5. The first kappa shape index (κ1) is 15.3. The average molecular weight is 317 g/mol. The van der Waals surface area contributed by atoms with Crippen LogP contribution in [0.15, 0.2) is 18.2 Å². The summed E-state index contributed by atoms with van der Waals surface area (Å²) in [6.07, 6.45) is 0.437. The second-order valence-corrected chi connectivity index (χ2v) is 5.82. The minimum atomic E-state index is -0.479. The van der Waals surface area contributed by atoms with Gasteiger partial charge in [-0.1, -0.05) is 6.07 Å². The summed E-state index contributed by atoms with van der Waals surface area (Å²) >= 11 is 0. The van der Waals surface area contributed by atoms with E-state index in [1.807, 2.05) is 6.92 Å². The second-order valence-electron chi connectivity index (χ2n) is 5.82. The van der Waals surface area contributed by atoms with Crippen LogP contribution in [-0.4, -0.2) is 54.9 Å². The van der Waals surface area contributed by atoms with Gasteiger partial charge in [-0.2, -0.15) is 0 Å². The highest BCUT2D eigenvalue weighted by molar-refractivity contribution is 5.98. The first-order chi connectivity index (χ1) is 11.0. The molecule has 1 aromatic carbocycles. The third kappa shape index (κ3) is 2.74. The van der Waals surface area contributed by atoms with Gasteiger partial charge in [-0.15, -0.1) is 0 Å². The van der Waals surface area contributed by atoms with E-state index in [2.05, 4.69) is 10.6 Å². The van der Waals surface area contributed by atoms with Crippen LogP contribution in [0.2, 0.25) is 0 Å². The lowest BCUT2D eigenvalue weighted by molar-refractivity contribution is -0.143. The van der Waals surface area contributed by atoms with E-state index in [4.69, 9.17) is 4.74 Å². The van der Waals surface area contributed by atoms with E-state index in [-0.39, 0.29) is 30.3 Å². The Hall–Kier alpha value is -2.57. The molecular formula is C16H19N3O4. The molecule has 2 atom stereocenters. The molecule has 0 unspecified atom stereocenters. The number of ether oxygens (including phenoxy) is 1. The van der Waals surface area contributed by atoms with E-state index in [0.29, 0.717) is 24.3 Å². The second kappa shape index (κ2) is 5.91. The highest BCUT2D eigenvalue weighted by atomic mass is 16.5. The molecule has 2 N–H and O–H groups in total. The van der Waals surface area contributed by atoms with Crippen molar-refractivity contribution in [1.82, 2.24) is 15.5 Å². The number of amides is 3. The molecule has 0 spiro atoms. The highest BCUT2D eigenvalue weighted by Crippen LogP contribution is 2.23. The fraction of sp³-hybridized carbons (Fsp3) is 0.438. The molecule has 1 aromatic rings. The van der Waals surface area contributed by atoms with E-state index in [9.17, 15) is 14.4 Å². The number of nitrogens with one attached hydrogen (secondary N) is 2. The molecule has 2 saturated heterocycles. The number of fused-ring (bicyclic) bond motifs is 1. The normalized spacial score (nSPS) is 23.3. The van der Waals surface area contributed by atoms with Gasteiger partial charge in [0.2, 0.25) is 11.8 Å².